The van der Waals surface area contributed by atoms with Gasteiger partial charge in [-0.05, 0) is 24.3 Å². The lowest BCUT2D eigenvalue weighted by Gasteiger charge is -2.05. The molecule has 0 aliphatic heterocycles. The van der Waals surface area contributed by atoms with Crippen LogP contribution in [-0.2, 0) is 7.05 Å². The fourth-order valence-corrected chi connectivity index (χ4v) is 2.42. The zero-order valence-electron chi connectivity index (χ0n) is 13.3. The first kappa shape index (κ1) is 14.9. The van der Waals surface area contributed by atoms with E-state index in [1.165, 1.54) is 17.2 Å². The monoisotopic (exact) mass is 331 g/mol. The summed E-state index contributed by atoms with van der Waals surface area (Å²) in [5, 5.41) is 11.3. The van der Waals surface area contributed by atoms with Gasteiger partial charge in [-0.2, -0.15) is 15.0 Å². The van der Waals surface area contributed by atoms with E-state index in [1.807, 2.05) is 18.2 Å². The van der Waals surface area contributed by atoms with Gasteiger partial charge in [-0.3, -0.25) is 9.78 Å². The minimum absolute atomic E-state index is 0.309. The van der Waals surface area contributed by atoms with Gasteiger partial charge in [0, 0.05) is 37.4 Å². The summed E-state index contributed by atoms with van der Waals surface area (Å²) in [6, 6.07) is 9.09. The Morgan fingerprint density at radius 3 is 2.64 bits per heavy atom. The highest BCUT2D eigenvalue weighted by Crippen LogP contribution is 2.20. The Balaban J connectivity index is 1.58. The number of aryl methyl sites for hydroxylation is 1. The van der Waals surface area contributed by atoms with Gasteiger partial charge in [0.1, 0.15) is 11.0 Å². The van der Waals surface area contributed by atoms with Crippen molar-refractivity contribution in [3.63, 3.8) is 0 Å². The Bertz CT molecular complexity index is 1040. The maximum atomic E-state index is 12.5. The van der Waals surface area contributed by atoms with Crippen molar-refractivity contribution in [2.45, 2.75) is 0 Å². The highest BCUT2D eigenvalue weighted by molar-refractivity contribution is 6.07. The normalized spacial score (nSPS) is 10.8. The predicted octanol–water partition coefficient (Wildman–Crippen LogP) is 2.07. The van der Waals surface area contributed by atoms with Crippen molar-refractivity contribution in [2.24, 2.45) is 7.05 Å². The maximum Gasteiger partial charge on any atom is 0.258 e. The molecule has 25 heavy (non-hydrogen) atoms. The second-order valence-electron chi connectivity index (χ2n) is 5.35. The summed E-state index contributed by atoms with van der Waals surface area (Å²) in [5.74, 6) is 0.205. The van der Waals surface area contributed by atoms with Crippen LogP contribution in [0.25, 0.3) is 22.4 Å². The fraction of sp³-hybridized carbons (Fsp3) is 0.0588. The van der Waals surface area contributed by atoms with Crippen molar-refractivity contribution in [1.29, 1.82) is 0 Å². The van der Waals surface area contributed by atoms with E-state index in [0.29, 0.717) is 28.1 Å². The molecule has 0 unspecified atom stereocenters. The van der Waals surface area contributed by atoms with Crippen LogP contribution in [0.4, 0.5) is 5.69 Å². The summed E-state index contributed by atoms with van der Waals surface area (Å²) in [4.78, 5) is 26.4. The SMILES string of the molecule is Cn1nc2cccc(NC(=O)c3cnc(-c4cccnc4)nc3)c2n1. The number of amides is 1. The highest BCUT2D eigenvalue weighted by Gasteiger charge is 2.12. The molecule has 0 radical (unpaired) electrons. The van der Waals surface area contributed by atoms with Crippen LogP contribution in [0.15, 0.2) is 55.1 Å². The topological polar surface area (TPSA) is 98.5 Å². The van der Waals surface area contributed by atoms with E-state index in [9.17, 15) is 4.79 Å². The highest BCUT2D eigenvalue weighted by atomic mass is 16.1. The molecule has 1 amide bonds. The molecule has 3 aromatic heterocycles. The number of aromatic nitrogens is 6. The van der Waals surface area contributed by atoms with Crippen molar-refractivity contribution in [2.75, 3.05) is 5.32 Å². The number of hydrogen-bond acceptors (Lipinski definition) is 6. The number of nitrogens with zero attached hydrogens (tertiary/aromatic N) is 6. The third-order valence-corrected chi connectivity index (χ3v) is 3.59. The summed E-state index contributed by atoms with van der Waals surface area (Å²) in [7, 11) is 1.73. The number of pyridine rings is 1. The number of nitrogens with one attached hydrogen (secondary N) is 1. The number of anilines is 1. The number of benzene rings is 1. The summed E-state index contributed by atoms with van der Waals surface area (Å²) in [6.07, 6.45) is 6.32. The van der Waals surface area contributed by atoms with Gasteiger partial charge in [0.05, 0.1) is 11.3 Å². The predicted molar refractivity (Wildman–Crippen MR) is 91.7 cm³/mol. The molecule has 0 fully saturated rings. The molecule has 8 nitrogen and oxygen atoms in total. The van der Waals surface area contributed by atoms with Crippen LogP contribution in [0, 0.1) is 0 Å². The Morgan fingerprint density at radius 2 is 1.88 bits per heavy atom. The van der Waals surface area contributed by atoms with Crippen molar-refractivity contribution < 1.29 is 4.79 Å². The van der Waals surface area contributed by atoms with Crippen LogP contribution in [0.3, 0.4) is 0 Å². The fourth-order valence-electron chi connectivity index (χ4n) is 2.42. The number of carbonyl (C=O) groups is 1. The van der Waals surface area contributed by atoms with Crippen LogP contribution < -0.4 is 5.32 Å². The van der Waals surface area contributed by atoms with Crippen molar-refractivity contribution >= 4 is 22.6 Å². The van der Waals surface area contributed by atoms with E-state index >= 15 is 0 Å². The molecule has 0 bridgehead atoms. The standard InChI is InChI=1S/C17H13N7O/c1-24-22-14-6-2-5-13(15(14)23-24)21-17(25)12-9-19-16(20-10-12)11-4-3-7-18-8-11/h2-10H,1H3,(H,21,25). The third-order valence-electron chi connectivity index (χ3n) is 3.59. The van der Waals surface area contributed by atoms with Gasteiger partial charge >= 0.3 is 0 Å². The molecule has 122 valence electrons. The minimum Gasteiger partial charge on any atom is -0.320 e. The Hall–Kier alpha value is -3.68. The first-order valence-electron chi connectivity index (χ1n) is 7.54. The van der Waals surface area contributed by atoms with Gasteiger partial charge in [-0.1, -0.05) is 6.07 Å². The molecule has 1 N–H and O–H groups in total. The molecule has 0 atom stereocenters. The van der Waals surface area contributed by atoms with E-state index in [-0.39, 0.29) is 5.91 Å². The molecule has 4 rings (SSSR count). The average Bonchev–Trinajstić information content (AvgIpc) is 3.04. The lowest BCUT2D eigenvalue weighted by Crippen LogP contribution is -2.13. The smallest absolute Gasteiger partial charge is 0.258 e. The molecule has 0 saturated carbocycles. The molecule has 3 heterocycles. The molecule has 8 heteroatoms. The van der Waals surface area contributed by atoms with E-state index in [2.05, 4.69) is 30.5 Å². The molecule has 0 spiro atoms. The van der Waals surface area contributed by atoms with Crippen molar-refractivity contribution in [3.05, 3.63) is 60.7 Å². The molecule has 0 saturated heterocycles. The van der Waals surface area contributed by atoms with Gasteiger partial charge in [0.25, 0.3) is 5.91 Å². The van der Waals surface area contributed by atoms with E-state index in [4.69, 9.17) is 0 Å². The van der Waals surface area contributed by atoms with E-state index < -0.39 is 0 Å². The van der Waals surface area contributed by atoms with E-state index in [0.717, 1.165) is 5.56 Å². The molecule has 0 aliphatic rings. The quantitative estimate of drug-likeness (QED) is 0.617. The second-order valence-corrected chi connectivity index (χ2v) is 5.35. The van der Waals surface area contributed by atoms with Gasteiger partial charge in [-0.25, -0.2) is 9.97 Å². The van der Waals surface area contributed by atoms with Crippen LogP contribution in [0.5, 0.6) is 0 Å². The minimum atomic E-state index is -0.309. The second kappa shape index (κ2) is 6.08. The van der Waals surface area contributed by atoms with Gasteiger partial charge in [0.2, 0.25) is 0 Å². The van der Waals surface area contributed by atoms with Gasteiger partial charge in [0.15, 0.2) is 5.82 Å². The Labute approximate surface area is 142 Å². The number of hydrogen-bond donors (Lipinski definition) is 1. The van der Waals surface area contributed by atoms with Gasteiger partial charge in [-0.15, -0.1) is 0 Å². The summed E-state index contributed by atoms with van der Waals surface area (Å²) in [6.45, 7) is 0. The molecule has 4 aromatic rings. The van der Waals surface area contributed by atoms with Crippen molar-refractivity contribution in [3.8, 4) is 11.4 Å². The third kappa shape index (κ3) is 2.92. The Morgan fingerprint density at radius 1 is 1.04 bits per heavy atom. The molecule has 0 aliphatic carbocycles. The first-order valence-corrected chi connectivity index (χ1v) is 7.54. The lowest BCUT2D eigenvalue weighted by atomic mass is 10.2. The molecular formula is C17H13N7O. The number of carbonyl (C=O) groups excluding carboxylic acids is 1. The molecular weight excluding hydrogens is 318 g/mol. The summed E-state index contributed by atoms with van der Waals surface area (Å²) in [5.41, 5.74) is 3.08. The van der Waals surface area contributed by atoms with Crippen LogP contribution in [0.1, 0.15) is 10.4 Å². The van der Waals surface area contributed by atoms with Crippen LogP contribution in [0.2, 0.25) is 0 Å². The molecule has 1 aromatic carbocycles. The maximum absolute atomic E-state index is 12.5. The summed E-state index contributed by atoms with van der Waals surface area (Å²) < 4.78 is 0. The average molecular weight is 331 g/mol. The van der Waals surface area contributed by atoms with Crippen LogP contribution in [-0.4, -0.2) is 35.9 Å². The van der Waals surface area contributed by atoms with Gasteiger partial charge < -0.3 is 5.32 Å². The first-order chi connectivity index (χ1) is 12.2. The van der Waals surface area contributed by atoms with Crippen molar-refractivity contribution in [1.82, 2.24) is 29.9 Å². The largest absolute Gasteiger partial charge is 0.320 e. The number of fused-ring (bicyclic) bond motifs is 1. The lowest BCUT2D eigenvalue weighted by molar-refractivity contribution is 0.102. The zero-order chi connectivity index (χ0) is 17.2. The van der Waals surface area contributed by atoms with Crippen LogP contribution >= 0.6 is 0 Å². The number of rotatable bonds is 3. The van der Waals surface area contributed by atoms with E-state index in [1.54, 1.807) is 31.6 Å². The Kier molecular flexibility index (Phi) is 3.62. The summed E-state index contributed by atoms with van der Waals surface area (Å²) >= 11 is 0. The zero-order valence-corrected chi connectivity index (χ0v) is 13.3.